The third-order valence-corrected chi connectivity index (χ3v) is 1.66. The number of aliphatic hydroxyl groups excluding tert-OH is 1. The summed E-state index contributed by atoms with van der Waals surface area (Å²) in [6.45, 7) is 4.10. The van der Waals surface area contributed by atoms with Gasteiger partial charge in [0.05, 0.1) is 5.69 Å². The Morgan fingerprint density at radius 2 is 2.33 bits per heavy atom. The second kappa shape index (κ2) is 4.67. The molecule has 12 heavy (non-hydrogen) atoms. The molecule has 1 aromatic heterocycles. The van der Waals surface area contributed by atoms with Gasteiger partial charge in [0.15, 0.2) is 0 Å². The molecule has 0 radical (unpaired) electrons. The van der Waals surface area contributed by atoms with E-state index in [9.17, 15) is 0 Å². The van der Waals surface area contributed by atoms with Gasteiger partial charge in [-0.25, -0.2) is 0 Å². The molecule has 0 fully saturated rings. The van der Waals surface area contributed by atoms with E-state index in [0.29, 0.717) is 0 Å². The normalized spacial score (nSPS) is 9.75. The van der Waals surface area contributed by atoms with Gasteiger partial charge in [-0.05, 0) is 30.5 Å². The van der Waals surface area contributed by atoms with Crippen LogP contribution in [0, 0.1) is 0 Å². The number of nitrogens with zero attached hydrogens (tertiary/aromatic N) is 1. The van der Waals surface area contributed by atoms with Gasteiger partial charge in [-0.2, -0.15) is 0 Å². The highest BCUT2D eigenvalue weighted by molar-refractivity contribution is 5.59. The maximum Gasteiger partial charge on any atom is 0.0655 e. The van der Waals surface area contributed by atoms with E-state index in [1.807, 2.05) is 18.2 Å². The van der Waals surface area contributed by atoms with Crippen LogP contribution in [0.1, 0.15) is 18.5 Å². The largest absolute Gasteiger partial charge is 0.396 e. The molecule has 1 heterocycles. The van der Waals surface area contributed by atoms with Gasteiger partial charge in [0, 0.05) is 12.8 Å². The summed E-state index contributed by atoms with van der Waals surface area (Å²) in [6, 6.07) is 5.75. The fraction of sp³-hybridized carbons (Fsp3) is 0.300. The number of hydrogen-bond acceptors (Lipinski definition) is 2. The summed E-state index contributed by atoms with van der Waals surface area (Å²) in [5, 5.41) is 8.60. The van der Waals surface area contributed by atoms with Crippen molar-refractivity contribution in [2.45, 2.75) is 12.8 Å². The third-order valence-electron chi connectivity index (χ3n) is 1.66. The zero-order valence-corrected chi connectivity index (χ0v) is 7.03. The molecule has 0 saturated heterocycles. The Balaban J connectivity index is 2.54. The maximum atomic E-state index is 8.60. The van der Waals surface area contributed by atoms with Crippen LogP contribution in [0.5, 0.6) is 0 Å². The molecule has 1 N–H and O–H groups in total. The van der Waals surface area contributed by atoms with Crippen LogP contribution in [0.15, 0.2) is 31.0 Å². The molecule has 1 aromatic rings. The molecule has 0 spiro atoms. The van der Waals surface area contributed by atoms with Gasteiger partial charge >= 0.3 is 0 Å². The van der Waals surface area contributed by atoms with Crippen molar-refractivity contribution in [3.05, 3.63) is 36.7 Å². The Morgan fingerprint density at radius 1 is 1.50 bits per heavy atom. The highest BCUT2D eigenvalue weighted by Gasteiger charge is 1.97. The average molecular weight is 163 g/mol. The molecule has 0 unspecified atom stereocenters. The lowest BCUT2D eigenvalue weighted by Crippen LogP contribution is -1.89. The van der Waals surface area contributed by atoms with Crippen molar-refractivity contribution in [1.82, 2.24) is 4.98 Å². The Labute approximate surface area is 72.6 Å². The van der Waals surface area contributed by atoms with Crippen LogP contribution in [-0.2, 0) is 0 Å². The molecule has 2 heteroatoms. The van der Waals surface area contributed by atoms with Gasteiger partial charge < -0.3 is 5.11 Å². The number of rotatable bonds is 4. The van der Waals surface area contributed by atoms with Crippen molar-refractivity contribution >= 4 is 5.57 Å². The predicted octanol–water partition coefficient (Wildman–Crippen LogP) is 1.87. The number of allylic oxidation sites excluding steroid dienone is 1. The molecule has 0 aliphatic heterocycles. The first-order chi connectivity index (χ1) is 5.84. The second-order valence-corrected chi connectivity index (χ2v) is 2.65. The van der Waals surface area contributed by atoms with Gasteiger partial charge in [0.25, 0.3) is 0 Å². The summed E-state index contributed by atoms with van der Waals surface area (Å²) in [4.78, 5) is 4.15. The fourth-order valence-electron chi connectivity index (χ4n) is 0.992. The third kappa shape index (κ3) is 2.47. The molecular weight excluding hydrogens is 150 g/mol. The van der Waals surface area contributed by atoms with E-state index < -0.39 is 0 Å². The topological polar surface area (TPSA) is 33.1 Å². The first kappa shape index (κ1) is 8.94. The van der Waals surface area contributed by atoms with E-state index in [1.54, 1.807) is 6.20 Å². The van der Waals surface area contributed by atoms with E-state index in [-0.39, 0.29) is 6.61 Å². The minimum Gasteiger partial charge on any atom is -0.396 e. The average Bonchev–Trinajstić information content (AvgIpc) is 2.15. The summed E-state index contributed by atoms with van der Waals surface area (Å²) >= 11 is 0. The first-order valence-corrected chi connectivity index (χ1v) is 4.04. The fourth-order valence-corrected chi connectivity index (χ4v) is 0.992. The summed E-state index contributed by atoms with van der Waals surface area (Å²) in [5.41, 5.74) is 1.91. The van der Waals surface area contributed by atoms with Crippen LogP contribution in [0.4, 0.5) is 0 Å². The van der Waals surface area contributed by atoms with E-state index in [2.05, 4.69) is 11.6 Å². The van der Waals surface area contributed by atoms with Crippen LogP contribution in [0.2, 0.25) is 0 Å². The van der Waals surface area contributed by atoms with Gasteiger partial charge in [0.1, 0.15) is 0 Å². The maximum absolute atomic E-state index is 8.60. The van der Waals surface area contributed by atoms with Gasteiger partial charge in [-0.15, -0.1) is 0 Å². The Kier molecular flexibility index (Phi) is 3.48. The zero-order valence-electron chi connectivity index (χ0n) is 7.03. The lowest BCUT2D eigenvalue weighted by molar-refractivity contribution is 0.290. The van der Waals surface area contributed by atoms with E-state index in [1.165, 1.54) is 0 Å². The van der Waals surface area contributed by atoms with Crippen molar-refractivity contribution in [3.8, 4) is 0 Å². The van der Waals surface area contributed by atoms with Gasteiger partial charge in [0.2, 0.25) is 0 Å². The van der Waals surface area contributed by atoms with Crippen LogP contribution >= 0.6 is 0 Å². The molecule has 64 valence electrons. The summed E-state index contributed by atoms with van der Waals surface area (Å²) in [6.07, 6.45) is 3.32. The standard InChI is InChI=1S/C10H13NO/c1-9(5-4-8-12)10-6-2-3-7-11-10/h2-3,6-7,12H,1,4-5,8H2. The summed E-state index contributed by atoms with van der Waals surface area (Å²) in [7, 11) is 0. The van der Waals surface area contributed by atoms with Gasteiger partial charge in [-0.1, -0.05) is 12.6 Å². The second-order valence-electron chi connectivity index (χ2n) is 2.65. The van der Waals surface area contributed by atoms with Crippen molar-refractivity contribution in [2.75, 3.05) is 6.61 Å². The molecule has 0 aliphatic carbocycles. The molecule has 0 amide bonds. The minimum absolute atomic E-state index is 0.214. The van der Waals surface area contributed by atoms with Crippen molar-refractivity contribution < 1.29 is 5.11 Å². The molecule has 1 rings (SSSR count). The number of aliphatic hydroxyl groups is 1. The van der Waals surface area contributed by atoms with Gasteiger partial charge in [-0.3, -0.25) is 4.98 Å². The molecule has 0 bridgehead atoms. The van der Waals surface area contributed by atoms with Crippen LogP contribution in [0.3, 0.4) is 0 Å². The van der Waals surface area contributed by atoms with Crippen molar-refractivity contribution in [2.24, 2.45) is 0 Å². The van der Waals surface area contributed by atoms with E-state index >= 15 is 0 Å². The molecular formula is C10H13NO. The Bertz CT molecular complexity index is 243. The van der Waals surface area contributed by atoms with Crippen LogP contribution in [0.25, 0.3) is 5.57 Å². The minimum atomic E-state index is 0.214. The molecule has 2 nitrogen and oxygen atoms in total. The quantitative estimate of drug-likeness (QED) is 0.735. The summed E-state index contributed by atoms with van der Waals surface area (Å²) < 4.78 is 0. The van der Waals surface area contributed by atoms with Crippen molar-refractivity contribution in [3.63, 3.8) is 0 Å². The predicted molar refractivity (Wildman–Crippen MR) is 49.6 cm³/mol. The highest BCUT2D eigenvalue weighted by atomic mass is 16.2. The van der Waals surface area contributed by atoms with Crippen LogP contribution < -0.4 is 0 Å². The Morgan fingerprint density at radius 3 is 2.92 bits per heavy atom. The van der Waals surface area contributed by atoms with Crippen molar-refractivity contribution in [1.29, 1.82) is 0 Å². The Hall–Kier alpha value is -1.15. The molecule has 0 saturated carbocycles. The molecule has 0 aliphatic rings. The SMILES string of the molecule is C=C(CCCO)c1ccccn1. The lowest BCUT2D eigenvalue weighted by Gasteiger charge is -2.02. The number of aromatic nitrogens is 1. The van der Waals surface area contributed by atoms with E-state index in [4.69, 9.17) is 5.11 Å². The molecule has 0 atom stereocenters. The number of hydrogen-bond donors (Lipinski definition) is 1. The number of pyridine rings is 1. The van der Waals surface area contributed by atoms with Crippen LogP contribution in [-0.4, -0.2) is 16.7 Å². The molecule has 0 aromatic carbocycles. The monoisotopic (exact) mass is 163 g/mol. The highest BCUT2D eigenvalue weighted by Crippen LogP contribution is 2.13. The van der Waals surface area contributed by atoms with E-state index in [0.717, 1.165) is 24.1 Å². The first-order valence-electron chi connectivity index (χ1n) is 4.04. The summed E-state index contributed by atoms with van der Waals surface area (Å²) in [5.74, 6) is 0. The zero-order chi connectivity index (χ0) is 8.81. The smallest absolute Gasteiger partial charge is 0.0655 e. The lowest BCUT2D eigenvalue weighted by atomic mass is 10.1.